The van der Waals surface area contributed by atoms with Crippen molar-refractivity contribution in [1.29, 1.82) is 0 Å². The minimum Gasteiger partial charge on any atom is -0.369 e. The molecule has 0 aliphatic heterocycles. The Labute approximate surface area is 95.8 Å². The second-order valence-corrected chi connectivity index (χ2v) is 4.05. The van der Waals surface area contributed by atoms with Gasteiger partial charge in [0, 0.05) is 24.2 Å². The summed E-state index contributed by atoms with van der Waals surface area (Å²) in [5.41, 5.74) is 1.89. The molecule has 0 amide bonds. The van der Waals surface area contributed by atoms with Crippen LogP contribution in [0.3, 0.4) is 0 Å². The average molecular weight is 230 g/mol. The summed E-state index contributed by atoms with van der Waals surface area (Å²) in [5.74, 6) is 0.116. The highest BCUT2D eigenvalue weighted by Crippen LogP contribution is 2.24. The SMILES string of the molecule is CCN(c1ccc(F)cc1CCl)C(C)C. The third-order valence-electron chi connectivity index (χ3n) is 2.46. The molecule has 15 heavy (non-hydrogen) atoms. The van der Waals surface area contributed by atoms with E-state index in [1.165, 1.54) is 12.1 Å². The highest BCUT2D eigenvalue weighted by atomic mass is 35.5. The van der Waals surface area contributed by atoms with E-state index in [9.17, 15) is 4.39 Å². The summed E-state index contributed by atoms with van der Waals surface area (Å²) in [6, 6.07) is 5.18. The minimum absolute atomic E-state index is 0.228. The fourth-order valence-corrected chi connectivity index (χ4v) is 1.97. The van der Waals surface area contributed by atoms with Gasteiger partial charge in [-0.3, -0.25) is 0 Å². The highest BCUT2D eigenvalue weighted by Gasteiger charge is 2.12. The quantitative estimate of drug-likeness (QED) is 0.710. The largest absolute Gasteiger partial charge is 0.369 e. The second-order valence-electron chi connectivity index (χ2n) is 3.79. The lowest BCUT2D eigenvalue weighted by atomic mass is 10.1. The second kappa shape index (κ2) is 5.36. The molecule has 3 heteroatoms. The molecule has 1 rings (SSSR count). The first-order valence-electron chi connectivity index (χ1n) is 5.21. The maximum absolute atomic E-state index is 13.0. The third kappa shape index (κ3) is 2.85. The summed E-state index contributed by atoms with van der Waals surface area (Å²) >= 11 is 5.82. The number of benzene rings is 1. The molecule has 0 saturated heterocycles. The Bertz CT molecular complexity index is 325. The highest BCUT2D eigenvalue weighted by molar-refractivity contribution is 6.17. The molecule has 0 saturated carbocycles. The van der Waals surface area contributed by atoms with E-state index in [0.717, 1.165) is 17.8 Å². The Hall–Kier alpha value is -0.760. The molecule has 84 valence electrons. The molecular weight excluding hydrogens is 213 g/mol. The summed E-state index contributed by atoms with van der Waals surface area (Å²) in [4.78, 5) is 2.21. The summed E-state index contributed by atoms with van der Waals surface area (Å²) in [6.07, 6.45) is 0. The number of hydrogen-bond acceptors (Lipinski definition) is 1. The monoisotopic (exact) mass is 229 g/mol. The zero-order valence-corrected chi connectivity index (χ0v) is 10.2. The Morgan fingerprint density at radius 1 is 1.40 bits per heavy atom. The molecular formula is C12H17ClFN. The van der Waals surface area contributed by atoms with Crippen molar-refractivity contribution < 1.29 is 4.39 Å². The molecule has 0 bridgehead atoms. The van der Waals surface area contributed by atoms with Gasteiger partial charge in [-0.25, -0.2) is 4.39 Å². The Morgan fingerprint density at radius 2 is 2.07 bits per heavy atom. The van der Waals surface area contributed by atoms with E-state index >= 15 is 0 Å². The van der Waals surface area contributed by atoms with Crippen LogP contribution in [0.15, 0.2) is 18.2 Å². The van der Waals surface area contributed by atoms with E-state index in [1.54, 1.807) is 6.07 Å². The minimum atomic E-state index is -0.228. The summed E-state index contributed by atoms with van der Waals surface area (Å²) in [6.45, 7) is 7.21. The zero-order chi connectivity index (χ0) is 11.4. The fraction of sp³-hybridized carbons (Fsp3) is 0.500. The lowest BCUT2D eigenvalue weighted by Crippen LogP contribution is -2.31. The van der Waals surface area contributed by atoms with Crippen molar-refractivity contribution in [1.82, 2.24) is 0 Å². The molecule has 0 radical (unpaired) electrons. The van der Waals surface area contributed by atoms with E-state index in [0.29, 0.717) is 11.9 Å². The number of nitrogens with zero attached hydrogens (tertiary/aromatic N) is 1. The molecule has 1 nitrogen and oxygen atoms in total. The van der Waals surface area contributed by atoms with Crippen molar-refractivity contribution in [3.63, 3.8) is 0 Å². The van der Waals surface area contributed by atoms with Crippen LogP contribution in [-0.2, 0) is 5.88 Å². The zero-order valence-electron chi connectivity index (χ0n) is 9.43. The lowest BCUT2D eigenvalue weighted by Gasteiger charge is -2.29. The lowest BCUT2D eigenvalue weighted by molar-refractivity contribution is 0.624. The van der Waals surface area contributed by atoms with Crippen LogP contribution in [0, 0.1) is 5.82 Å². The number of anilines is 1. The normalized spacial score (nSPS) is 10.8. The van der Waals surface area contributed by atoms with Crippen molar-refractivity contribution in [3.8, 4) is 0 Å². The Morgan fingerprint density at radius 3 is 2.53 bits per heavy atom. The molecule has 0 aromatic heterocycles. The van der Waals surface area contributed by atoms with Gasteiger partial charge in [0.05, 0.1) is 0 Å². The third-order valence-corrected chi connectivity index (χ3v) is 2.75. The van der Waals surface area contributed by atoms with Crippen LogP contribution in [0.1, 0.15) is 26.3 Å². The molecule has 0 fully saturated rings. The van der Waals surface area contributed by atoms with Crippen LogP contribution < -0.4 is 4.90 Å². The van der Waals surface area contributed by atoms with Gasteiger partial charge in [-0.05, 0) is 44.5 Å². The van der Waals surface area contributed by atoms with E-state index in [4.69, 9.17) is 11.6 Å². The van der Waals surface area contributed by atoms with Crippen LogP contribution in [0.4, 0.5) is 10.1 Å². The summed E-state index contributed by atoms with van der Waals surface area (Å²) < 4.78 is 13.0. The van der Waals surface area contributed by atoms with Crippen LogP contribution in [0.25, 0.3) is 0 Å². The first-order chi connectivity index (χ1) is 7.10. The Balaban J connectivity index is 3.11. The molecule has 0 spiro atoms. The van der Waals surface area contributed by atoms with E-state index < -0.39 is 0 Å². The molecule has 1 aromatic carbocycles. The van der Waals surface area contributed by atoms with E-state index in [1.807, 2.05) is 0 Å². The first kappa shape index (κ1) is 12.3. The van der Waals surface area contributed by atoms with Gasteiger partial charge in [0.25, 0.3) is 0 Å². The van der Waals surface area contributed by atoms with Crippen molar-refractivity contribution in [2.75, 3.05) is 11.4 Å². The fourth-order valence-electron chi connectivity index (χ4n) is 1.75. The maximum atomic E-state index is 13.0. The predicted molar refractivity (Wildman–Crippen MR) is 64.1 cm³/mol. The number of hydrogen-bond donors (Lipinski definition) is 0. The van der Waals surface area contributed by atoms with Crippen molar-refractivity contribution in [2.24, 2.45) is 0 Å². The number of halogens is 2. The van der Waals surface area contributed by atoms with Crippen LogP contribution in [0.5, 0.6) is 0 Å². The summed E-state index contributed by atoms with van der Waals surface area (Å²) in [7, 11) is 0. The van der Waals surface area contributed by atoms with Gasteiger partial charge < -0.3 is 4.90 Å². The van der Waals surface area contributed by atoms with Crippen LogP contribution in [0.2, 0.25) is 0 Å². The molecule has 0 N–H and O–H groups in total. The Kier molecular flexibility index (Phi) is 4.40. The van der Waals surface area contributed by atoms with Gasteiger partial charge in [0.1, 0.15) is 5.82 Å². The number of rotatable bonds is 4. The van der Waals surface area contributed by atoms with Gasteiger partial charge in [0.2, 0.25) is 0 Å². The van der Waals surface area contributed by atoms with Gasteiger partial charge in [0.15, 0.2) is 0 Å². The maximum Gasteiger partial charge on any atom is 0.123 e. The number of alkyl halides is 1. The molecule has 0 atom stereocenters. The van der Waals surface area contributed by atoms with Crippen molar-refractivity contribution in [2.45, 2.75) is 32.7 Å². The van der Waals surface area contributed by atoms with Crippen LogP contribution in [-0.4, -0.2) is 12.6 Å². The smallest absolute Gasteiger partial charge is 0.123 e. The standard InChI is InChI=1S/C12H17ClFN/c1-4-15(9(2)3)12-6-5-11(14)7-10(12)8-13/h5-7,9H,4,8H2,1-3H3. The molecule has 0 aliphatic carbocycles. The topological polar surface area (TPSA) is 3.24 Å². The molecule has 1 aromatic rings. The first-order valence-corrected chi connectivity index (χ1v) is 5.74. The predicted octanol–water partition coefficient (Wildman–Crippen LogP) is 3.80. The van der Waals surface area contributed by atoms with Crippen molar-refractivity contribution >= 4 is 17.3 Å². The van der Waals surface area contributed by atoms with Gasteiger partial charge in [-0.2, -0.15) is 0 Å². The van der Waals surface area contributed by atoms with E-state index in [2.05, 4.69) is 25.7 Å². The van der Waals surface area contributed by atoms with Gasteiger partial charge in [-0.15, -0.1) is 11.6 Å². The van der Waals surface area contributed by atoms with E-state index in [-0.39, 0.29) is 5.82 Å². The van der Waals surface area contributed by atoms with Gasteiger partial charge >= 0.3 is 0 Å². The summed E-state index contributed by atoms with van der Waals surface area (Å²) in [5, 5.41) is 0. The average Bonchev–Trinajstić information content (AvgIpc) is 2.20. The van der Waals surface area contributed by atoms with Crippen LogP contribution >= 0.6 is 11.6 Å². The van der Waals surface area contributed by atoms with Gasteiger partial charge in [-0.1, -0.05) is 0 Å². The molecule has 0 aliphatic rings. The molecule has 0 unspecified atom stereocenters. The molecule has 0 heterocycles. The van der Waals surface area contributed by atoms with Crippen molar-refractivity contribution in [3.05, 3.63) is 29.6 Å².